The van der Waals surface area contributed by atoms with Crippen LogP contribution in [0.5, 0.6) is 0 Å². The quantitative estimate of drug-likeness (QED) is 0.384. The maximum absolute atomic E-state index is 9.43. The Morgan fingerprint density at radius 1 is 1.05 bits per heavy atom. The molecule has 0 aliphatic rings. The molecule has 0 aromatic rings. The molecule has 0 saturated heterocycles. The van der Waals surface area contributed by atoms with Crippen LogP contribution in [0.15, 0.2) is 0 Å². The predicted molar refractivity (Wildman–Crippen MR) is 82.2 cm³/mol. The summed E-state index contributed by atoms with van der Waals surface area (Å²) < 4.78 is 0.687. The van der Waals surface area contributed by atoms with Gasteiger partial charge >= 0.3 is 115 Å². The standard InChI is InChI=1S/C12H25.C3H4O4.Na/c1-5-6-7-8-9-10-12(4)11(2)3;4-2(5)1-3(6)7;/h11H,5-10H2,1-4H3;1H2,(H,4,5)(H,6,7);. The molecule has 1 unspecified atom stereocenters. The molecule has 114 valence electrons. The first-order valence-corrected chi connectivity index (χ1v) is 8.57. The van der Waals surface area contributed by atoms with Gasteiger partial charge in [-0.05, 0) is 0 Å². The van der Waals surface area contributed by atoms with E-state index in [0.29, 0.717) is 2.66 Å². The van der Waals surface area contributed by atoms with Crippen LogP contribution >= 0.6 is 0 Å². The van der Waals surface area contributed by atoms with E-state index in [0.717, 1.165) is 5.92 Å². The van der Waals surface area contributed by atoms with E-state index in [1.807, 2.05) is 0 Å². The third-order valence-electron chi connectivity index (χ3n) is 3.79. The predicted octanol–water partition coefficient (Wildman–Crippen LogP) is 3.90. The third kappa shape index (κ3) is 16.0. The van der Waals surface area contributed by atoms with Gasteiger partial charge in [0.25, 0.3) is 0 Å². The first-order chi connectivity index (χ1) is 9.13. The van der Waals surface area contributed by atoms with Crippen LogP contribution in [0.4, 0.5) is 0 Å². The van der Waals surface area contributed by atoms with Crippen LogP contribution in [0.25, 0.3) is 0 Å². The van der Waals surface area contributed by atoms with Gasteiger partial charge in [0.2, 0.25) is 0 Å². The van der Waals surface area contributed by atoms with Crippen LogP contribution in [0, 0.1) is 5.92 Å². The van der Waals surface area contributed by atoms with Crippen LogP contribution in [0.3, 0.4) is 0 Å². The summed E-state index contributed by atoms with van der Waals surface area (Å²) >= 11 is 1.35. The van der Waals surface area contributed by atoms with Crippen molar-refractivity contribution in [3.8, 4) is 0 Å². The van der Waals surface area contributed by atoms with E-state index in [9.17, 15) is 9.59 Å². The molecule has 0 aromatic carbocycles. The average molecular weight is 296 g/mol. The molecule has 20 heavy (non-hydrogen) atoms. The molecule has 0 aliphatic carbocycles. The number of carbonyl (C=O) groups is 2. The van der Waals surface area contributed by atoms with Crippen molar-refractivity contribution in [3.63, 3.8) is 0 Å². The Bertz CT molecular complexity index is 263. The summed E-state index contributed by atoms with van der Waals surface area (Å²) in [6.07, 6.45) is 7.81. The fourth-order valence-corrected chi connectivity index (χ4v) is 1.96. The third-order valence-corrected chi connectivity index (χ3v) is 5.44. The minimum absolute atomic E-state index is 0.687. The van der Waals surface area contributed by atoms with Gasteiger partial charge in [-0.2, -0.15) is 0 Å². The minimum atomic E-state index is -1.31. The summed E-state index contributed by atoms with van der Waals surface area (Å²) in [4.78, 5) is 18.9. The Kier molecular flexibility index (Phi) is 14.1. The number of unbranched alkanes of at least 4 members (excludes halogenated alkanes) is 4. The topological polar surface area (TPSA) is 74.6 Å². The molecule has 0 fully saturated rings. The van der Waals surface area contributed by atoms with Gasteiger partial charge in [0, 0.05) is 0 Å². The van der Waals surface area contributed by atoms with E-state index in [1.165, 1.54) is 66.5 Å². The van der Waals surface area contributed by atoms with Crippen molar-refractivity contribution < 1.29 is 19.8 Å². The molecular weight excluding hydrogens is 267 g/mol. The summed E-state index contributed by atoms with van der Waals surface area (Å²) in [5, 5.41) is 15.4. The summed E-state index contributed by atoms with van der Waals surface area (Å²) in [7, 11) is 0. The van der Waals surface area contributed by atoms with Gasteiger partial charge in [0.1, 0.15) is 6.42 Å². The van der Waals surface area contributed by atoms with Crippen LogP contribution in [-0.2, 0) is 9.59 Å². The SMILES string of the molecule is CCCCCCC[C](C)([Na])C(C)C.O=C(O)CC(=O)O. The van der Waals surface area contributed by atoms with Crippen LogP contribution < -0.4 is 0 Å². The van der Waals surface area contributed by atoms with Crippen molar-refractivity contribution in [1.29, 1.82) is 0 Å². The van der Waals surface area contributed by atoms with Crippen molar-refractivity contribution in [2.24, 2.45) is 5.92 Å². The molecule has 2 N–H and O–H groups in total. The molecule has 0 heterocycles. The zero-order valence-corrected chi connectivity index (χ0v) is 15.7. The van der Waals surface area contributed by atoms with Gasteiger partial charge in [-0.25, -0.2) is 0 Å². The smallest absolute Gasteiger partial charge is 0.314 e. The Labute approximate surface area is 140 Å². The zero-order valence-electron chi connectivity index (χ0n) is 13.7. The molecular formula is C15H29NaO4. The number of aliphatic carboxylic acids is 2. The molecule has 0 rings (SSSR count). The molecule has 0 aromatic heterocycles. The molecule has 0 radical (unpaired) electrons. The van der Waals surface area contributed by atoms with Gasteiger partial charge in [-0.3, -0.25) is 9.59 Å². The second kappa shape index (κ2) is 12.7. The Morgan fingerprint density at radius 2 is 1.50 bits per heavy atom. The normalized spacial score (nSPS) is 13.3. The minimum Gasteiger partial charge on any atom is -0.481 e. The van der Waals surface area contributed by atoms with E-state index in [-0.39, 0.29) is 0 Å². The van der Waals surface area contributed by atoms with Crippen LogP contribution in [0.1, 0.15) is 72.6 Å². The zero-order chi connectivity index (χ0) is 16.2. The van der Waals surface area contributed by atoms with Crippen molar-refractivity contribution in [2.75, 3.05) is 0 Å². The number of carboxylic acids is 2. The fourth-order valence-electron chi connectivity index (χ4n) is 1.60. The molecule has 5 heteroatoms. The summed E-state index contributed by atoms with van der Waals surface area (Å²) in [5.41, 5.74) is 0. The summed E-state index contributed by atoms with van der Waals surface area (Å²) in [6, 6.07) is 0. The molecule has 1 atom stereocenters. The average Bonchev–Trinajstić information content (AvgIpc) is 2.27. The molecule has 4 nitrogen and oxygen atoms in total. The van der Waals surface area contributed by atoms with Gasteiger partial charge in [0.15, 0.2) is 0 Å². The van der Waals surface area contributed by atoms with Crippen molar-refractivity contribution in [2.45, 2.75) is 75.3 Å². The maximum atomic E-state index is 9.43. The molecule has 0 amide bonds. The van der Waals surface area contributed by atoms with Crippen molar-refractivity contribution in [1.82, 2.24) is 0 Å². The molecule has 0 spiro atoms. The van der Waals surface area contributed by atoms with Crippen molar-refractivity contribution in [3.05, 3.63) is 0 Å². The van der Waals surface area contributed by atoms with E-state index in [4.69, 9.17) is 10.2 Å². The second-order valence-corrected chi connectivity index (χ2v) is 8.56. The Morgan fingerprint density at radius 3 is 1.80 bits per heavy atom. The molecule has 0 aliphatic heterocycles. The second-order valence-electron chi connectivity index (χ2n) is 6.27. The van der Waals surface area contributed by atoms with Gasteiger partial charge in [-0.15, -0.1) is 0 Å². The van der Waals surface area contributed by atoms with Gasteiger partial charge in [-0.1, -0.05) is 0 Å². The summed E-state index contributed by atoms with van der Waals surface area (Å²) in [6.45, 7) is 9.49. The maximum Gasteiger partial charge on any atom is 0.314 e. The monoisotopic (exact) mass is 296 g/mol. The van der Waals surface area contributed by atoms with E-state index >= 15 is 0 Å². The molecule has 0 bridgehead atoms. The Hall–Kier alpha value is -0.0600. The van der Waals surface area contributed by atoms with Crippen LogP contribution in [-0.4, -0.2) is 50.1 Å². The van der Waals surface area contributed by atoms with Gasteiger partial charge in [0.05, 0.1) is 0 Å². The Balaban J connectivity index is 0. The fraction of sp³-hybridized carbons (Fsp3) is 0.867. The first-order valence-electron chi connectivity index (χ1n) is 7.57. The number of hydrogen-bond donors (Lipinski definition) is 2. The van der Waals surface area contributed by atoms with E-state index < -0.39 is 18.4 Å². The number of carboxylic acid groups (broad SMARTS) is 2. The van der Waals surface area contributed by atoms with Gasteiger partial charge < -0.3 is 10.2 Å². The van der Waals surface area contributed by atoms with Crippen molar-refractivity contribution >= 4 is 39.9 Å². The number of rotatable bonds is 9. The largest absolute Gasteiger partial charge is 0.481 e. The molecule has 0 saturated carbocycles. The number of hydrogen-bond acceptors (Lipinski definition) is 2. The summed E-state index contributed by atoms with van der Waals surface area (Å²) in [5.74, 6) is -1.75. The van der Waals surface area contributed by atoms with Crippen LogP contribution in [0.2, 0.25) is 2.66 Å². The van der Waals surface area contributed by atoms with E-state index in [1.54, 1.807) is 0 Å². The first kappa shape index (κ1) is 22.2. The van der Waals surface area contributed by atoms with E-state index in [2.05, 4.69) is 27.7 Å².